The van der Waals surface area contributed by atoms with Gasteiger partial charge in [0.2, 0.25) is 0 Å². The number of rotatable bonds is 5. The van der Waals surface area contributed by atoms with E-state index >= 15 is 0 Å². The molecule has 0 amide bonds. The largest absolute Gasteiger partial charge is 0.453 e. The van der Waals surface area contributed by atoms with Crippen molar-refractivity contribution in [3.05, 3.63) is 60.3 Å². The molecule has 0 spiro atoms. The van der Waals surface area contributed by atoms with Gasteiger partial charge in [-0.3, -0.25) is 14.1 Å². The summed E-state index contributed by atoms with van der Waals surface area (Å²) in [5.41, 5.74) is 1.39. The third kappa shape index (κ3) is 3.81. The molecule has 0 radical (unpaired) electrons. The van der Waals surface area contributed by atoms with Gasteiger partial charge in [-0.15, -0.1) is 0 Å². The maximum atomic E-state index is 14.7. The number of hydrogen-bond acceptors (Lipinski definition) is 6. The Morgan fingerprint density at radius 3 is 2.85 bits per heavy atom. The van der Waals surface area contributed by atoms with Crippen LogP contribution in [-0.4, -0.2) is 46.4 Å². The first kappa shape index (κ1) is 21.0. The lowest BCUT2D eigenvalue weighted by Crippen LogP contribution is -2.34. The van der Waals surface area contributed by atoms with Crippen LogP contribution in [0.3, 0.4) is 0 Å². The van der Waals surface area contributed by atoms with E-state index < -0.39 is 27.9 Å². The van der Waals surface area contributed by atoms with Crippen LogP contribution in [0, 0.1) is 17.1 Å². The lowest BCUT2D eigenvalue weighted by atomic mass is 10.1. The molecule has 5 rings (SSSR count). The lowest BCUT2D eigenvalue weighted by molar-refractivity contribution is 0.343. The molecule has 1 aliphatic heterocycles. The van der Waals surface area contributed by atoms with Crippen LogP contribution in [0.5, 0.6) is 11.5 Å². The number of fused-ring (bicyclic) bond motifs is 3. The van der Waals surface area contributed by atoms with Crippen LogP contribution in [0.15, 0.2) is 48.9 Å². The molecule has 4 aromatic rings. The minimum atomic E-state index is -4.13. The van der Waals surface area contributed by atoms with Crippen LogP contribution < -0.4 is 9.46 Å². The van der Waals surface area contributed by atoms with Gasteiger partial charge < -0.3 is 4.74 Å². The SMILES string of the molecule is N#Cc1c(NS(=O)(=O)N2CC[C@@H](F)C2)ccc(F)c1Oc1ccc2ncc3nccn3c2c1. The summed E-state index contributed by atoms with van der Waals surface area (Å²) >= 11 is 0. The smallest absolute Gasteiger partial charge is 0.301 e. The van der Waals surface area contributed by atoms with Crippen molar-refractivity contribution in [2.24, 2.45) is 0 Å². The van der Waals surface area contributed by atoms with Crippen molar-refractivity contribution in [1.29, 1.82) is 5.26 Å². The predicted molar refractivity (Wildman–Crippen MR) is 115 cm³/mol. The molecule has 12 heteroatoms. The molecule has 33 heavy (non-hydrogen) atoms. The van der Waals surface area contributed by atoms with Crippen molar-refractivity contribution in [2.75, 3.05) is 17.8 Å². The molecule has 1 saturated heterocycles. The van der Waals surface area contributed by atoms with Crippen LogP contribution in [-0.2, 0) is 10.2 Å². The Morgan fingerprint density at radius 1 is 1.24 bits per heavy atom. The highest BCUT2D eigenvalue weighted by Gasteiger charge is 2.32. The molecule has 1 atom stereocenters. The third-order valence-electron chi connectivity index (χ3n) is 5.31. The quantitative estimate of drug-likeness (QED) is 0.479. The summed E-state index contributed by atoms with van der Waals surface area (Å²) in [5, 5.41) is 9.66. The van der Waals surface area contributed by atoms with Gasteiger partial charge in [-0.25, -0.2) is 13.8 Å². The second kappa shape index (κ2) is 7.95. The fourth-order valence-electron chi connectivity index (χ4n) is 3.69. The molecule has 0 aliphatic carbocycles. The monoisotopic (exact) mass is 470 g/mol. The fourth-order valence-corrected chi connectivity index (χ4v) is 4.97. The molecular weight excluding hydrogens is 454 g/mol. The van der Waals surface area contributed by atoms with E-state index in [0.717, 1.165) is 16.4 Å². The number of aromatic nitrogens is 3. The maximum Gasteiger partial charge on any atom is 0.301 e. The van der Waals surface area contributed by atoms with Crippen molar-refractivity contribution in [3.63, 3.8) is 0 Å². The summed E-state index contributed by atoms with van der Waals surface area (Å²) < 4.78 is 64.0. The first-order valence-electron chi connectivity index (χ1n) is 9.90. The Kier molecular flexibility index (Phi) is 5.07. The summed E-state index contributed by atoms with van der Waals surface area (Å²) in [6.45, 7) is -0.271. The number of nitriles is 1. The van der Waals surface area contributed by atoms with E-state index in [1.807, 2.05) is 0 Å². The third-order valence-corrected chi connectivity index (χ3v) is 6.80. The molecular formula is C21H16F2N6O3S. The number of nitrogens with zero attached hydrogens (tertiary/aromatic N) is 5. The van der Waals surface area contributed by atoms with Gasteiger partial charge in [0.1, 0.15) is 23.6 Å². The van der Waals surface area contributed by atoms with E-state index in [1.54, 1.807) is 47.3 Å². The Hall–Kier alpha value is -3.82. The average molecular weight is 470 g/mol. The minimum absolute atomic E-state index is 0.0107. The number of ether oxygens (including phenoxy) is 1. The summed E-state index contributed by atoms with van der Waals surface area (Å²) in [5.74, 6) is -1.08. The molecule has 9 nitrogen and oxygen atoms in total. The van der Waals surface area contributed by atoms with Crippen LogP contribution in [0.2, 0.25) is 0 Å². The van der Waals surface area contributed by atoms with Crippen molar-refractivity contribution < 1.29 is 21.9 Å². The van der Waals surface area contributed by atoms with Crippen molar-refractivity contribution >= 4 is 32.6 Å². The highest BCUT2D eigenvalue weighted by Crippen LogP contribution is 2.35. The molecule has 1 N–H and O–H groups in total. The number of anilines is 1. The van der Waals surface area contributed by atoms with Crippen LogP contribution >= 0.6 is 0 Å². The summed E-state index contributed by atoms with van der Waals surface area (Å²) in [6.07, 6.45) is 3.79. The first-order valence-corrected chi connectivity index (χ1v) is 11.3. The van der Waals surface area contributed by atoms with E-state index in [2.05, 4.69) is 14.7 Å². The first-order chi connectivity index (χ1) is 15.9. The molecule has 0 bridgehead atoms. The van der Waals surface area contributed by atoms with Crippen molar-refractivity contribution in [1.82, 2.24) is 18.7 Å². The standard InChI is InChI=1S/C21H16F2N6O3S/c22-13-5-7-28(12-13)33(30,31)27-17-4-2-16(23)21(15(17)10-24)32-14-1-3-18-19(9-14)29-8-6-25-20(29)11-26-18/h1-4,6,8-9,11,13,27H,5,7,12H2/t13-/m1/s1. The van der Waals surface area contributed by atoms with Gasteiger partial charge in [0.15, 0.2) is 17.2 Å². The zero-order valence-electron chi connectivity index (χ0n) is 16.9. The Labute approximate surface area is 187 Å². The topological polar surface area (TPSA) is 113 Å². The van der Waals surface area contributed by atoms with Gasteiger partial charge in [0.25, 0.3) is 0 Å². The highest BCUT2D eigenvalue weighted by molar-refractivity contribution is 7.90. The van der Waals surface area contributed by atoms with E-state index in [0.29, 0.717) is 16.7 Å². The van der Waals surface area contributed by atoms with Crippen LogP contribution in [0.1, 0.15) is 12.0 Å². The molecule has 1 aliphatic rings. The molecule has 0 saturated carbocycles. The number of alkyl halides is 1. The zero-order chi connectivity index (χ0) is 23.2. The van der Waals surface area contributed by atoms with Gasteiger partial charge in [0.05, 0.1) is 22.9 Å². The van der Waals surface area contributed by atoms with Crippen molar-refractivity contribution in [2.45, 2.75) is 12.6 Å². The average Bonchev–Trinajstić information content (AvgIpc) is 3.45. The number of hydrogen-bond donors (Lipinski definition) is 1. The second-order valence-electron chi connectivity index (χ2n) is 7.43. The van der Waals surface area contributed by atoms with Gasteiger partial charge in [-0.1, -0.05) is 0 Å². The van der Waals surface area contributed by atoms with Gasteiger partial charge in [-0.05, 0) is 30.7 Å². The Morgan fingerprint density at radius 2 is 2.09 bits per heavy atom. The maximum absolute atomic E-state index is 14.7. The number of halogens is 2. The van der Waals surface area contributed by atoms with Crippen LogP contribution in [0.25, 0.3) is 16.7 Å². The van der Waals surface area contributed by atoms with E-state index in [9.17, 15) is 22.5 Å². The Balaban J connectivity index is 1.52. The minimum Gasteiger partial charge on any atom is -0.453 e. The Bertz CT molecular complexity index is 1530. The van der Waals surface area contributed by atoms with E-state index in [4.69, 9.17) is 4.74 Å². The van der Waals surface area contributed by atoms with E-state index in [-0.39, 0.29) is 36.5 Å². The number of benzene rings is 2. The molecule has 2 aromatic heterocycles. The lowest BCUT2D eigenvalue weighted by Gasteiger charge is -2.18. The van der Waals surface area contributed by atoms with Gasteiger partial charge >= 0.3 is 10.2 Å². The zero-order valence-corrected chi connectivity index (χ0v) is 17.8. The predicted octanol–water partition coefficient (Wildman–Crippen LogP) is 3.39. The van der Waals surface area contributed by atoms with Gasteiger partial charge in [-0.2, -0.15) is 18.0 Å². The summed E-state index contributed by atoms with van der Waals surface area (Å²) in [6, 6.07) is 8.75. The number of nitrogens with one attached hydrogen (secondary N) is 1. The molecule has 2 aromatic carbocycles. The normalized spacial score (nSPS) is 16.8. The number of imidazole rings is 1. The second-order valence-corrected chi connectivity index (χ2v) is 9.10. The van der Waals surface area contributed by atoms with E-state index in [1.165, 1.54) is 0 Å². The summed E-state index contributed by atoms with van der Waals surface area (Å²) in [4.78, 5) is 8.48. The molecule has 3 heterocycles. The van der Waals surface area contributed by atoms with Crippen LogP contribution in [0.4, 0.5) is 14.5 Å². The molecule has 0 unspecified atom stereocenters. The summed E-state index contributed by atoms with van der Waals surface area (Å²) in [7, 11) is -4.13. The fraction of sp³-hybridized carbons (Fsp3) is 0.190. The molecule has 1 fully saturated rings. The van der Waals surface area contributed by atoms with Gasteiger partial charge in [0, 0.05) is 31.5 Å². The molecule has 168 valence electrons. The highest BCUT2D eigenvalue weighted by atomic mass is 32.2. The van der Waals surface area contributed by atoms with Crippen molar-refractivity contribution in [3.8, 4) is 17.6 Å².